The van der Waals surface area contributed by atoms with Crippen LogP contribution in [0.3, 0.4) is 0 Å². The van der Waals surface area contributed by atoms with E-state index >= 15 is 0 Å². The van der Waals surface area contributed by atoms with Crippen molar-refractivity contribution in [3.63, 3.8) is 0 Å². The Kier molecular flexibility index (Phi) is 5.62. The van der Waals surface area contributed by atoms with Crippen LogP contribution in [0, 0.1) is 5.92 Å². The molecule has 0 aromatic carbocycles. The van der Waals surface area contributed by atoms with Crippen LogP contribution < -0.4 is 0 Å². The third-order valence-electron chi connectivity index (χ3n) is 3.57. The molecule has 2 atom stereocenters. The molecule has 1 N–H and O–H groups in total. The summed E-state index contributed by atoms with van der Waals surface area (Å²) in [7, 11) is 0. The van der Waals surface area contributed by atoms with Crippen LogP contribution in [-0.4, -0.2) is 40.9 Å². The van der Waals surface area contributed by atoms with Gasteiger partial charge in [-0.05, 0) is 25.7 Å². The van der Waals surface area contributed by atoms with Crippen molar-refractivity contribution in [2.75, 3.05) is 13.1 Å². The van der Waals surface area contributed by atoms with Crippen LogP contribution in [0.2, 0.25) is 0 Å². The Hall–Kier alpha value is -0.900. The molecular formula is C13H23NO3. The standard InChI is InChI=1S/C13H23NO3/c1-10-5-3-4-6-12(10)14(9-11(2)15)8-7-13(16)17/h10,12H,3-9H2,1-2H3,(H,16,17). The summed E-state index contributed by atoms with van der Waals surface area (Å²) in [6.45, 7) is 4.66. The zero-order valence-corrected chi connectivity index (χ0v) is 10.8. The molecule has 17 heavy (non-hydrogen) atoms. The van der Waals surface area contributed by atoms with Crippen molar-refractivity contribution in [3.05, 3.63) is 0 Å². The number of rotatable bonds is 6. The number of carbonyl (C=O) groups is 2. The number of carboxylic acid groups (broad SMARTS) is 1. The molecule has 0 aromatic heterocycles. The lowest BCUT2D eigenvalue weighted by atomic mass is 9.84. The Bertz CT molecular complexity index is 278. The summed E-state index contributed by atoms with van der Waals surface area (Å²) >= 11 is 0. The minimum atomic E-state index is -0.790. The Morgan fingerprint density at radius 2 is 1.94 bits per heavy atom. The highest BCUT2D eigenvalue weighted by Gasteiger charge is 2.27. The molecule has 1 saturated carbocycles. The third kappa shape index (κ3) is 4.86. The first-order valence-corrected chi connectivity index (χ1v) is 6.46. The minimum Gasteiger partial charge on any atom is -0.481 e. The van der Waals surface area contributed by atoms with Crippen LogP contribution in [0.4, 0.5) is 0 Å². The summed E-state index contributed by atoms with van der Waals surface area (Å²) in [6.07, 6.45) is 4.84. The summed E-state index contributed by atoms with van der Waals surface area (Å²) in [5, 5.41) is 8.75. The summed E-state index contributed by atoms with van der Waals surface area (Å²) < 4.78 is 0. The fraction of sp³-hybridized carbons (Fsp3) is 0.846. The van der Waals surface area contributed by atoms with Crippen LogP contribution in [-0.2, 0) is 9.59 Å². The minimum absolute atomic E-state index is 0.119. The van der Waals surface area contributed by atoms with Gasteiger partial charge in [0.15, 0.2) is 0 Å². The van der Waals surface area contributed by atoms with Crippen LogP contribution in [0.1, 0.15) is 46.0 Å². The predicted octanol–water partition coefficient (Wildman–Crippen LogP) is 1.93. The molecule has 1 rings (SSSR count). The average Bonchev–Trinajstić information content (AvgIpc) is 2.24. The molecule has 0 aliphatic heterocycles. The van der Waals surface area contributed by atoms with E-state index in [4.69, 9.17) is 5.11 Å². The second-order valence-electron chi connectivity index (χ2n) is 5.15. The van der Waals surface area contributed by atoms with E-state index in [-0.39, 0.29) is 12.2 Å². The Balaban J connectivity index is 2.59. The number of hydrogen-bond acceptors (Lipinski definition) is 3. The van der Waals surface area contributed by atoms with Crippen LogP contribution >= 0.6 is 0 Å². The maximum Gasteiger partial charge on any atom is 0.304 e. The van der Waals surface area contributed by atoms with Gasteiger partial charge >= 0.3 is 5.97 Å². The lowest BCUT2D eigenvalue weighted by molar-refractivity contribution is -0.138. The van der Waals surface area contributed by atoms with Gasteiger partial charge in [-0.15, -0.1) is 0 Å². The first-order valence-electron chi connectivity index (χ1n) is 6.46. The number of ketones is 1. The molecule has 0 bridgehead atoms. The van der Waals surface area contributed by atoms with Crippen molar-refractivity contribution in [2.24, 2.45) is 5.92 Å². The molecule has 98 valence electrons. The molecule has 1 fully saturated rings. The second-order valence-corrected chi connectivity index (χ2v) is 5.15. The highest BCUT2D eigenvalue weighted by molar-refractivity contribution is 5.77. The summed E-state index contributed by atoms with van der Waals surface area (Å²) in [4.78, 5) is 24.0. The molecule has 1 aliphatic rings. The zero-order valence-electron chi connectivity index (χ0n) is 10.8. The number of aliphatic carboxylic acids is 1. The quantitative estimate of drug-likeness (QED) is 0.772. The number of hydrogen-bond donors (Lipinski definition) is 1. The van der Waals surface area contributed by atoms with Crippen LogP contribution in [0.15, 0.2) is 0 Å². The summed E-state index contributed by atoms with van der Waals surface area (Å²) in [6, 6.07) is 0.381. The van der Waals surface area contributed by atoms with Crippen LogP contribution in [0.5, 0.6) is 0 Å². The zero-order chi connectivity index (χ0) is 12.8. The molecule has 4 heteroatoms. The van der Waals surface area contributed by atoms with Crippen molar-refractivity contribution >= 4 is 11.8 Å². The SMILES string of the molecule is CC(=O)CN(CCC(=O)O)C1CCCCC1C. The van der Waals surface area contributed by atoms with Gasteiger partial charge in [0, 0.05) is 12.6 Å². The highest BCUT2D eigenvalue weighted by atomic mass is 16.4. The molecule has 4 nitrogen and oxygen atoms in total. The first kappa shape index (κ1) is 14.2. The highest BCUT2D eigenvalue weighted by Crippen LogP contribution is 2.28. The van der Waals surface area contributed by atoms with Gasteiger partial charge < -0.3 is 5.11 Å². The third-order valence-corrected chi connectivity index (χ3v) is 3.57. The maximum absolute atomic E-state index is 11.3. The number of Topliss-reactive ketones (excluding diaryl/α,β-unsaturated/α-hetero) is 1. The normalized spacial score (nSPS) is 24.9. The van der Waals surface area contributed by atoms with Gasteiger partial charge in [-0.25, -0.2) is 0 Å². The van der Waals surface area contributed by atoms with E-state index in [1.54, 1.807) is 6.92 Å². The Morgan fingerprint density at radius 3 is 2.47 bits per heavy atom. The van der Waals surface area contributed by atoms with E-state index in [1.165, 1.54) is 19.3 Å². The van der Waals surface area contributed by atoms with Crippen LogP contribution in [0.25, 0.3) is 0 Å². The molecule has 0 saturated heterocycles. The van der Waals surface area contributed by atoms with Crippen molar-refractivity contribution < 1.29 is 14.7 Å². The second kappa shape index (κ2) is 6.74. The molecular weight excluding hydrogens is 218 g/mol. The van der Waals surface area contributed by atoms with Crippen molar-refractivity contribution in [1.82, 2.24) is 4.90 Å². The summed E-state index contributed by atoms with van der Waals surface area (Å²) in [5.41, 5.74) is 0. The average molecular weight is 241 g/mol. The van der Waals surface area contributed by atoms with Gasteiger partial charge in [-0.3, -0.25) is 14.5 Å². The van der Waals surface area contributed by atoms with E-state index in [1.807, 2.05) is 0 Å². The fourth-order valence-electron chi connectivity index (χ4n) is 2.73. The van der Waals surface area contributed by atoms with Gasteiger partial charge in [0.2, 0.25) is 0 Å². The lowest BCUT2D eigenvalue weighted by Crippen LogP contribution is -2.44. The van der Waals surface area contributed by atoms with E-state index in [0.29, 0.717) is 25.0 Å². The largest absolute Gasteiger partial charge is 0.481 e. The summed E-state index contributed by atoms with van der Waals surface area (Å²) in [5.74, 6) is -0.105. The van der Waals surface area contributed by atoms with Gasteiger partial charge in [0.25, 0.3) is 0 Å². The van der Waals surface area contributed by atoms with E-state index < -0.39 is 5.97 Å². The van der Waals surface area contributed by atoms with Crippen molar-refractivity contribution in [1.29, 1.82) is 0 Å². The molecule has 1 aliphatic carbocycles. The fourth-order valence-corrected chi connectivity index (χ4v) is 2.73. The monoisotopic (exact) mass is 241 g/mol. The Labute approximate surface area is 103 Å². The van der Waals surface area contributed by atoms with Gasteiger partial charge in [-0.2, -0.15) is 0 Å². The van der Waals surface area contributed by atoms with Gasteiger partial charge in [0.1, 0.15) is 5.78 Å². The molecule has 0 radical (unpaired) electrons. The maximum atomic E-state index is 11.3. The lowest BCUT2D eigenvalue weighted by Gasteiger charge is -2.38. The predicted molar refractivity (Wildman–Crippen MR) is 65.9 cm³/mol. The number of carbonyl (C=O) groups excluding carboxylic acids is 1. The number of carboxylic acids is 1. The molecule has 2 unspecified atom stereocenters. The topological polar surface area (TPSA) is 57.6 Å². The van der Waals surface area contributed by atoms with Gasteiger partial charge in [0.05, 0.1) is 13.0 Å². The van der Waals surface area contributed by atoms with Crippen molar-refractivity contribution in [3.8, 4) is 0 Å². The van der Waals surface area contributed by atoms with Gasteiger partial charge in [-0.1, -0.05) is 19.8 Å². The first-order chi connectivity index (χ1) is 8.00. The van der Waals surface area contributed by atoms with E-state index in [2.05, 4.69) is 11.8 Å². The number of nitrogens with zero attached hydrogens (tertiary/aromatic N) is 1. The van der Waals surface area contributed by atoms with E-state index in [9.17, 15) is 9.59 Å². The smallest absolute Gasteiger partial charge is 0.304 e. The molecule has 0 amide bonds. The van der Waals surface area contributed by atoms with Crippen molar-refractivity contribution in [2.45, 2.75) is 52.0 Å². The Morgan fingerprint density at radius 1 is 1.29 bits per heavy atom. The molecule has 0 aromatic rings. The molecule has 0 heterocycles. The molecule has 0 spiro atoms. The van der Waals surface area contributed by atoms with E-state index in [0.717, 1.165) is 6.42 Å².